The van der Waals surface area contributed by atoms with Crippen LogP contribution in [-0.4, -0.2) is 26.7 Å². The Balaban J connectivity index is 2.79. The zero-order valence-corrected chi connectivity index (χ0v) is 10.1. The normalized spacial score (nSPS) is 9.80. The molecular weight excluding hydrogens is 262 g/mol. The van der Waals surface area contributed by atoms with Crippen molar-refractivity contribution in [3.63, 3.8) is 0 Å². The number of halogens is 1. The van der Waals surface area contributed by atoms with E-state index in [1.54, 1.807) is 25.3 Å². The van der Waals surface area contributed by atoms with E-state index < -0.39 is 0 Å². The Morgan fingerprint density at radius 2 is 2.20 bits per heavy atom. The smallest absolute Gasteiger partial charge is 0.250 e. The first-order chi connectivity index (χ1) is 7.17. The molecule has 82 valence electrons. The molecule has 0 radical (unpaired) electrons. The predicted octanol–water partition coefficient (Wildman–Crippen LogP) is 2.04. The van der Waals surface area contributed by atoms with E-state index in [-0.39, 0.29) is 12.5 Å². The van der Waals surface area contributed by atoms with Gasteiger partial charge in [0.25, 0.3) is 0 Å². The molecule has 0 heterocycles. The van der Waals surface area contributed by atoms with E-state index in [2.05, 4.69) is 21.2 Å². The molecule has 1 amide bonds. The van der Waals surface area contributed by atoms with Crippen LogP contribution in [0, 0.1) is 0 Å². The second-order valence-electron chi connectivity index (χ2n) is 2.83. The number of anilines is 1. The molecule has 1 aromatic carbocycles. The van der Waals surface area contributed by atoms with Crippen LogP contribution in [0.4, 0.5) is 5.69 Å². The Morgan fingerprint density at radius 1 is 1.47 bits per heavy atom. The van der Waals surface area contributed by atoms with E-state index in [0.29, 0.717) is 11.4 Å². The number of benzene rings is 1. The Hall–Kier alpha value is -1.07. The number of hydrogen-bond acceptors (Lipinski definition) is 3. The fraction of sp³-hybridized carbons (Fsp3) is 0.300. The van der Waals surface area contributed by atoms with Crippen LogP contribution in [0.3, 0.4) is 0 Å². The van der Waals surface area contributed by atoms with Crippen molar-refractivity contribution in [2.75, 3.05) is 26.1 Å². The zero-order valence-electron chi connectivity index (χ0n) is 8.54. The van der Waals surface area contributed by atoms with Crippen molar-refractivity contribution in [3.8, 4) is 5.75 Å². The number of ether oxygens (including phenoxy) is 2. The highest BCUT2D eigenvalue weighted by molar-refractivity contribution is 9.10. The summed E-state index contributed by atoms with van der Waals surface area (Å²) in [6.07, 6.45) is 0. The minimum absolute atomic E-state index is 0.0314. The van der Waals surface area contributed by atoms with Gasteiger partial charge in [-0.3, -0.25) is 4.79 Å². The van der Waals surface area contributed by atoms with Crippen LogP contribution < -0.4 is 10.1 Å². The summed E-state index contributed by atoms with van der Waals surface area (Å²) in [5, 5.41) is 2.70. The lowest BCUT2D eigenvalue weighted by Crippen LogP contribution is -2.17. The molecule has 0 aliphatic heterocycles. The number of amides is 1. The highest BCUT2D eigenvalue weighted by Gasteiger charge is 2.06. The zero-order chi connectivity index (χ0) is 11.3. The minimum atomic E-state index is -0.202. The molecule has 0 bridgehead atoms. The Kier molecular flexibility index (Phi) is 4.58. The van der Waals surface area contributed by atoms with Gasteiger partial charge in [-0.1, -0.05) is 0 Å². The van der Waals surface area contributed by atoms with E-state index in [0.717, 1.165) is 4.47 Å². The fourth-order valence-corrected chi connectivity index (χ4v) is 1.39. The summed E-state index contributed by atoms with van der Waals surface area (Å²) < 4.78 is 10.6. The average Bonchev–Trinajstić information content (AvgIpc) is 2.21. The summed E-state index contributed by atoms with van der Waals surface area (Å²) in [5.41, 5.74) is 0.663. The molecule has 0 fully saturated rings. The van der Waals surface area contributed by atoms with Crippen molar-refractivity contribution < 1.29 is 14.3 Å². The van der Waals surface area contributed by atoms with Crippen molar-refractivity contribution in [1.82, 2.24) is 0 Å². The van der Waals surface area contributed by atoms with E-state index >= 15 is 0 Å². The molecule has 0 aliphatic rings. The number of carbonyl (C=O) groups excluding carboxylic acids is 1. The number of hydrogen-bond donors (Lipinski definition) is 1. The van der Waals surface area contributed by atoms with Gasteiger partial charge in [0.1, 0.15) is 12.4 Å². The van der Waals surface area contributed by atoms with Crippen molar-refractivity contribution in [1.29, 1.82) is 0 Å². The van der Waals surface area contributed by atoms with E-state index in [1.807, 2.05) is 0 Å². The predicted molar refractivity (Wildman–Crippen MR) is 61.2 cm³/mol. The average molecular weight is 274 g/mol. The molecular formula is C10H12BrNO3. The third-order valence-electron chi connectivity index (χ3n) is 1.72. The van der Waals surface area contributed by atoms with Gasteiger partial charge in [0.2, 0.25) is 5.91 Å². The summed E-state index contributed by atoms with van der Waals surface area (Å²) in [6.45, 7) is 0.0314. The molecule has 0 saturated carbocycles. The van der Waals surface area contributed by atoms with Gasteiger partial charge in [-0.05, 0) is 28.1 Å². The third kappa shape index (κ3) is 3.53. The molecule has 0 spiro atoms. The molecule has 4 nitrogen and oxygen atoms in total. The van der Waals surface area contributed by atoms with Crippen LogP contribution in [0.1, 0.15) is 0 Å². The van der Waals surface area contributed by atoms with Crippen LogP contribution in [0.5, 0.6) is 5.75 Å². The van der Waals surface area contributed by atoms with Gasteiger partial charge in [0, 0.05) is 17.6 Å². The third-order valence-corrected chi connectivity index (χ3v) is 2.41. The highest BCUT2D eigenvalue weighted by Crippen LogP contribution is 2.26. The quantitative estimate of drug-likeness (QED) is 0.914. The van der Waals surface area contributed by atoms with Gasteiger partial charge in [-0.2, -0.15) is 0 Å². The van der Waals surface area contributed by atoms with Crippen molar-refractivity contribution in [2.45, 2.75) is 0 Å². The van der Waals surface area contributed by atoms with E-state index in [4.69, 9.17) is 9.47 Å². The van der Waals surface area contributed by atoms with Gasteiger partial charge < -0.3 is 14.8 Å². The molecule has 1 aromatic rings. The number of carbonyl (C=O) groups is 1. The standard InChI is InChI=1S/C10H12BrNO3/c1-14-6-10(13)12-9-5-7(15-2)3-4-8(9)11/h3-5H,6H2,1-2H3,(H,12,13). The summed E-state index contributed by atoms with van der Waals surface area (Å²) >= 11 is 3.33. The van der Waals surface area contributed by atoms with Crippen LogP contribution in [-0.2, 0) is 9.53 Å². The second kappa shape index (κ2) is 5.72. The molecule has 0 aromatic heterocycles. The number of nitrogens with one attached hydrogen (secondary N) is 1. The molecule has 0 aliphatic carbocycles. The van der Waals surface area contributed by atoms with Crippen molar-refractivity contribution in [2.24, 2.45) is 0 Å². The van der Waals surface area contributed by atoms with Crippen LogP contribution in [0.25, 0.3) is 0 Å². The number of rotatable bonds is 4. The summed E-state index contributed by atoms with van der Waals surface area (Å²) in [7, 11) is 3.05. The van der Waals surface area contributed by atoms with E-state index in [1.165, 1.54) is 7.11 Å². The largest absolute Gasteiger partial charge is 0.497 e. The monoisotopic (exact) mass is 273 g/mol. The van der Waals surface area contributed by atoms with Gasteiger partial charge >= 0.3 is 0 Å². The fourth-order valence-electron chi connectivity index (χ4n) is 1.04. The van der Waals surface area contributed by atoms with Crippen molar-refractivity contribution >= 4 is 27.5 Å². The SMILES string of the molecule is COCC(=O)Nc1cc(OC)ccc1Br. The highest BCUT2D eigenvalue weighted by atomic mass is 79.9. The second-order valence-corrected chi connectivity index (χ2v) is 3.68. The van der Waals surface area contributed by atoms with Gasteiger partial charge in [0.15, 0.2) is 0 Å². The maximum Gasteiger partial charge on any atom is 0.250 e. The van der Waals surface area contributed by atoms with Gasteiger partial charge in [0.05, 0.1) is 12.8 Å². The lowest BCUT2D eigenvalue weighted by atomic mass is 10.3. The number of methoxy groups -OCH3 is 2. The lowest BCUT2D eigenvalue weighted by Gasteiger charge is -2.08. The molecule has 0 atom stereocenters. The molecule has 0 saturated heterocycles. The van der Waals surface area contributed by atoms with Crippen LogP contribution >= 0.6 is 15.9 Å². The molecule has 15 heavy (non-hydrogen) atoms. The maximum absolute atomic E-state index is 11.3. The van der Waals surface area contributed by atoms with Gasteiger partial charge in [-0.25, -0.2) is 0 Å². The molecule has 1 N–H and O–H groups in total. The Morgan fingerprint density at radius 3 is 2.80 bits per heavy atom. The summed E-state index contributed by atoms with van der Waals surface area (Å²) in [4.78, 5) is 11.3. The molecule has 0 unspecified atom stereocenters. The van der Waals surface area contributed by atoms with Crippen molar-refractivity contribution in [3.05, 3.63) is 22.7 Å². The first-order valence-electron chi connectivity index (χ1n) is 4.29. The van der Waals surface area contributed by atoms with Crippen LogP contribution in [0.15, 0.2) is 22.7 Å². The maximum atomic E-state index is 11.3. The first-order valence-corrected chi connectivity index (χ1v) is 5.09. The summed E-state index contributed by atoms with van der Waals surface area (Å²) in [6, 6.07) is 5.34. The van der Waals surface area contributed by atoms with E-state index in [9.17, 15) is 4.79 Å². The molecule has 5 heteroatoms. The first kappa shape index (κ1) is 12.0. The summed E-state index contributed by atoms with van der Waals surface area (Å²) in [5.74, 6) is 0.484. The lowest BCUT2D eigenvalue weighted by molar-refractivity contribution is -0.119. The Labute approximate surface area is 96.7 Å². The van der Waals surface area contributed by atoms with Crippen LogP contribution in [0.2, 0.25) is 0 Å². The van der Waals surface area contributed by atoms with Gasteiger partial charge in [-0.15, -0.1) is 0 Å². The molecule has 1 rings (SSSR count). The Bertz CT molecular complexity index is 355. The minimum Gasteiger partial charge on any atom is -0.497 e. The topological polar surface area (TPSA) is 47.6 Å².